The van der Waals surface area contributed by atoms with Crippen molar-refractivity contribution in [2.45, 2.75) is 13.8 Å². The summed E-state index contributed by atoms with van der Waals surface area (Å²) in [4.78, 5) is 4.47. The Kier molecular flexibility index (Phi) is 3.22. The Balaban J connectivity index is 2.15. The summed E-state index contributed by atoms with van der Waals surface area (Å²) < 4.78 is 13.9. The first-order valence-electron chi connectivity index (χ1n) is 6.73. The number of nitrogens with two attached hydrogens (primary N) is 1. The number of nitrogen functional groups attached to an aromatic ring is 1. The second-order valence-corrected chi connectivity index (χ2v) is 5.20. The minimum absolute atomic E-state index is 0.285. The van der Waals surface area contributed by atoms with Crippen LogP contribution in [0, 0.1) is 19.7 Å². The monoisotopic (exact) mass is 281 g/mol. The number of rotatable bonds is 2. The van der Waals surface area contributed by atoms with Crippen LogP contribution in [0.1, 0.15) is 11.3 Å². The molecule has 0 atom stereocenters. The van der Waals surface area contributed by atoms with Gasteiger partial charge in [-0.15, -0.1) is 0 Å². The van der Waals surface area contributed by atoms with Gasteiger partial charge >= 0.3 is 0 Å². The molecule has 3 N–H and O–H groups in total. The van der Waals surface area contributed by atoms with E-state index in [1.165, 1.54) is 6.07 Å². The normalized spacial score (nSPS) is 10.8. The molecule has 0 aliphatic rings. The van der Waals surface area contributed by atoms with Crippen molar-refractivity contribution in [3.05, 3.63) is 59.5 Å². The summed E-state index contributed by atoms with van der Waals surface area (Å²) in [5.41, 5.74) is 10.4. The van der Waals surface area contributed by atoms with E-state index in [0.717, 1.165) is 27.8 Å². The first-order chi connectivity index (χ1) is 10.0. The van der Waals surface area contributed by atoms with Crippen molar-refractivity contribution < 1.29 is 4.39 Å². The summed E-state index contributed by atoms with van der Waals surface area (Å²) in [5.74, 6) is -0.285. The van der Waals surface area contributed by atoms with Crippen LogP contribution in [0.15, 0.2) is 42.5 Å². The molecule has 0 unspecified atom stereocenters. The average Bonchev–Trinajstić information content (AvgIpc) is 2.43. The summed E-state index contributed by atoms with van der Waals surface area (Å²) in [6.45, 7) is 3.84. The maximum Gasteiger partial charge on any atom is 0.146 e. The molecule has 0 radical (unpaired) electrons. The van der Waals surface area contributed by atoms with Crippen molar-refractivity contribution in [3.63, 3.8) is 0 Å². The van der Waals surface area contributed by atoms with E-state index in [1.807, 2.05) is 38.1 Å². The van der Waals surface area contributed by atoms with Crippen LogP contribution < -0.4 is 11.1 Å². The molecule has 3 rings (SSSR count). The molecule has 0 spiro atoms. The van der Waals surface area contributed by atoms with Crippen LogP contribution in [0.25, 0.3) is 10.9 Å². The second-order valence-electron chi connectivity index (χ2n) is 5.20. The molecule has 21 heavy (non-hydrogen) atoms. The number of benzene rings is 2. The van der Waals surface area contributed by atoms with E-state index in [1.54, 1.807) is 12.1 Å². The SMILES string of the molecule is Cc1ccc(F)c(Nc2cc(C)nc3ccc(N)cc23)c1. The number of fused-ring (bicyclic) bond motifs is 1. The molecule has 0 saturated carbocycles. The summed E-state index contributed by atoms with van der Waals surface area (Å²) in [6, 6.07) is 12.4. The Hall–Kier alpha value is -2.62. The van der Waals surface area contributed by atoms with Crippen molar-refractivity contribution in [2.75, 3.05) is 11.1 Å². The third-order valence-electron chi connectivity index (χ3n) is 3.35. The number of hydrogen-bond acceptors (Lipinski definition) is 3. The lowest BCUT2D eigenvalue weighted by molar-refractivity contribution is 0.631. The van der Waals surface area contributed by atoms with Crippen LogP contribution in [0.4, 0.5) is 21.5 Å². The van der Waals surface area contributed by atoms with Gasteiger partial charge in [0.2, 0.25) is 0 Å². The predicted octanol–water partition coefficient (Wildman–Crippen LogP) is 4.32. The van der Waals surface area contributed by atoms with E-state index in [-0.39, 0.29) is 5.82 Å². The van der Waals surface area contributed by atoms with Gasteiger partial charge in [0.1, 0.15) is 5.82 Å². The van der Waals surface area contributed by atoms with E-state index in [9.17, 15) is 4.39 Å². The summed E-state index contributed by atoms with van der Waals surface area (Å²) in [7, 11) is 0. The molecule has 3 nitrogen and oxygen atoms in total. The van der Waals surface area contributed by atoms with E-state index >= 15 is 0 Å². The van der Waals surface area contributed by atoms with E-state index in [2.05, 4.69) is 10.3 Å². The molecule has 0 aliphatic carbocycles. The highest BCUT2D eigenvalue weighted by Gasteiger charge is 2.08. The number of nitrogens with zero attached hydrogens (tertiary/aromatic N) is 1. The van der Waals surface area contributed by atoms with Gasteiger partial charge in [-0.05, 0) is 55.8 Å². The Morgan fingerprint density at radius 1 is 1.00 bits per heavy atom. The van der Waals surface area contributed by atoms with Crippen LogP contribution in [0.3, 0.4) is 0 Å². The molecule has 0 saturated heterocycles. The van der Waals surface area contributed by atoms with Crippen LogP contribution in [-0.4, -0.2) is 4.98 Å². The van der Waals surface area contributed by atoms with Gasteiger partial charge in [-0.1, -0.05) is 6.07 Å². The minimum Gasteiger partial charge on any atom is -0.399 e. The van der Waals surface area contributed by atoms with Crippen molar-refractivity contribution in [1.82, 2.24) is 4.98 Å². The Morgan fingerprint density at radius 3 is 2.62 bits per heavy atom. The lowest BCUT2D eigenvalue weighted by atomic mass is 10.1. The topological polar surface area (TPSA) is 50.9 Å². The maximum atomic E-state index is 13.9. The molecular weight excluding hydrogens is 265 g/mol. The van der Waals surface area contributed by atoms with Gasteiger partial charge in [0.15, 0.2) is 0 Å². The molecule has 1 aromatic heterocycles. The number of nitrogens with one attached hydrogen (secondary N) is 1. The smallest absolute Gasteiger partial charge is 0.146 e. The highest BCUT2D eigenvalue weighted by atomic mass is 19.1. The molecule has 3 aromatic rings. The summed E-state index contributed by atoms with van der Waals surface area (Å²) in [6.07, 6.45) is 0. The van der Waals surface area contributed by atoms with Gasteiger partial charge in [0.05, 0.1) is 11.2 Å². The molecule has 106 valence electrons. The number of hydrogen-bond donors (Lipinski definition) is 2. The summed E-state index contributed by atoms with van der Waals surface area (Å²) in [5, 5.41) is 4.03. The Labute approximate surface area is 122 Å². The van der Waals surface area contributed by atoms with Crippen molar-refractivity contribution in [3.8, 4) is 0 Å². The fourth-order valence-electron chi connectivity index (χ4n) is 2.36. The predicted molar refractivity (Wildman–Crippen MR) is 85.3 cm³/mol. The number of aromatic nitrogens is 1. The standard InChI is InChI=1S/C17H16FN3/c1-10-3-5-14(18)17(7-10)21-16-8-11(2)20-15-6-4-12(19)9-13(15)16/h3-9H,19H2,1-2H3,(H,20,21). The molecule has 0 aliphatic heterocycles. The number of anilines is 3. The van der Waals surface area contributed by atoms with Crippen molar-refractivity contribution in [2.24, 2.45) is 0 Å². The van der Waals surface area contributed by atoms with Crippen molar-refractivity contribution in [1.29, 1.82) is 0 Å². The van der Waals surface area contributed by atoms with E-state index in [4.69, 9.17) is 5.73 Å². The number of halogens is 1. The average molecular weight is 281 g/mol. The first-order valence-corrected chi connectivity index (χ1v) is 6.73. The zero-order valence-electron chi connectivity index (χ0n) is 11.9. The number of pyridine rings is 1. The molecule has 0 bridgehead atoms. The Morgan fingerprint density at radius 2 is 1.81 bits per heavy atom. The molecule has 0 fully saturated rings. The third-order valence-corrected chi connectivity index (χ3v) is 3.35. The lowest BCUT2D eigenvalue weighted by Gasteiger charge is -2.12. The zero-order valence-corrected chi connectivity index (χ0v) is 11.9. The van der Waals surface area contributed by atoms with Crippen molar-refractivity contribution >= 4 is 28.0 Å². The molecule has 1 heterocycles. The fraction of sp³-hybridized carbons (Fsp3) is 0.118. The zero-order chi connectivity index (χ0) is 15.0. The molecular formula is C17H16FN3. The van der Waals surface area contributed by atoms with Crippen LogP contribution >= 0.6 is 0 Å². The van der Waals surface area contributed by atoms with Gasteiger partial charge in [-0.2, -0.15) is 0 Å². The lowest BCUT2D eigenvalue weighted by Crippen LogP contribution is -1.98. The van der Waals surface area contributed by atoms with E-state index in [0.29, 0.717) is 11.4 Å². The Bertz CT molecular complexity index is 828. The summed E-state index contributed by atoms with van der Waals surface area (Å²) >= 11 is 0. The van der Waals surface area contributed by atoms with Crippen LogP contribution in [-0.2, 0) is 0 Å². The molecule has 2 aromatic carbocycles. The third kappa shape index (κ3) is 2.65. The molecule has 0 amide bonds. The molecule has 4 heteroatoms. The highest BCUT2D eigenvalue weighted by Crippen LogP contribution is 2.29. The fourth-order valence-corrected chi connectivity index (χ4v) is 2.36. The second kappa shape index (κ2) is 5.05. The van der Waals surface area contributed by atoms with Crippen LogP contribution in [0.5, 0.6) is 0 Å². The van der Waals surface area contributed by atoms with Gasteiger partial charge in [-0.3, -0.25) is 4.98 Å². The van der Waals surface area contributed by atoms with Crippen LogP contribution in [0.2, 0.25) is 0 Å². The first kappa shape index (κ1) is 13.4. The van der Waals surface area contributed by atoms with Gasteiger partial charge in [0, 0.05) is 22.5 Å². The quantitative estimate of drug-likeness (QED) is 0.688. The van der Waals surface area contributed by atoms with E-state index < -0.39 is 0 Å². The number of aryl methyl sites for hydroxylation is 2. The van der Waals surface area contributed by atoms with Gasteiger partial charge < -0.3 is 11.1 Å². The largest absolute Gasteiger partial charge is 0.399 e. The van der Waals surface area contributed by atoms with Gasteiger partial charge in [0.25, 0.3) is 0 Å². The highest BCUT2D eigenvalue weighted by molar-refractivity contribution is 5.95. The van der Waals surface area contributed by atoms with Gasteiger partial charge in [-0.25, -0.2) is 4.39 Å². The minimum atomic E-state index is -0.285. The maximum absolute atomic E-state index is 13.9.